The average molecular weight is 560 g/mol. The summed E-state index contributed by atoms with van der Waals surface area (Å²) in [6.07, 6.45) is 5.35. The predicted octanol–water partition coefficient (Wildman–Crippen LogP) is 8.18. The summed E-state index contributed by atoms with van der Waals surface area (Å²) in [7, 11) is 0. The second-order valence-corrected chi connectivity index (χ2v) is 11.6. The SMILES string of the molecule is C.c1cnc2c(c1)CCCC2N(Cc1ccc(CNCc2csc3ccccc23)cc1)Cc1nc2ccccc2[nH]1. The van der Waals surface area contributed by atoms with Gasteiger partial charge in [-0.05, 0) is 76.5 Å². The first kappa shape index (κ1) is 27.3. The lowest BCUT2D eigenvalue weighted by Gasteiger charge is -2.34. The molecule has 0 radical (unpaired) electrons. The smallest absolute Gasteiger partial charge is 0.121 e. The fraction of sp³-hybridized carbons (Fsp3) is 0.257. The number of hydrogen-bond donors (Lipinski definition) is 2. The van der Waals surface area contributed by atoms with Gasteiger partial charge in [-0.25, -0.2) is 4.98 Å². The predicted molar refractivity (Wildman–Crippen MR) is 171 cm³/mol. The van der Waals surface area contributed by atoms with Crippen LogP contribution in [0.1, 0.15) is 60.1 Å². The van der Waals surface area contributed by atoms with Crippen LogP contribution in [0.25, 0.3) is 21.1 Å². The van der Waals surface area contributed by atoms with Gasteiger partial charge in [0, 0.05) is 30.5 Å². The molecule has 5 nitrogen and oxygen atoms in total. The third-order valence-electron chi connectivity index (χ3n) is 8.01. The van der Waals surface area contributed by atoms with Gasteiger partial charge in [-0.2, -0.15) is 0 Å². The van der Waals surface area contributed by atoms with Crippen LogP contribution in [-0.4, -0.2) is 19.9 Å². The van der Waals surface area contributed by atoms with Gasteiger partial charge >= 0.3 is 0 Å². The van der Waals surface area contributed by atoms with Crippen LogP contribution in [0.3, 0.4) is 0 Å². The van der Waals surface area contributed by atoms with E-state index in [4.69, 9.17) is 9.97 Å². The summed E-state index contributed by atoms with van der Waals surface area (Å²) in [6.45, 7) is 3.35. The molecule has 41 heavy (non-hydrogen) atoms. The molecule has 0 amide bonds. The van der Waals surface area contributed by atoms with E-state index in [9.17, 15) is 0 Å². The molecule has 6 aromatic rings. The van der Waals surface area contributed by atoms with Gasteiger partial charge in [0.15, 0.2) is 0 Å². The lowest BCUT2D eigenvalue weighted by molar-refractivity contribution is 0.153. The number of benzene rings is 3. The molecule has 6 heteroatoms. The topological polar surface area (TPSA) is 56.8 Å². The van der Waals surface area contributed by atoms with E-state index < -0.39 is 0 Å². The molecule has 7 rings (SSSR count). The van der Waals surface area contributed by atoms with Crippen molar-refractivity contribution in [3.05, 3.63) is 130 Å². The molecule has 0 saturated heterocycles. The minimum Gasteiger partial charge on any atom is -0.341 e. The summed E-state index contributed by atoms with van der Waals surface area (Å²) in [6, 6.07) is 30.6. The van der Waals surface area contributed by atoms with Gasteiger partial charge in [0.2, 0.25) is 0 Å². The zero-order valence-corrected chi connectivity index (χ0v) is 23.3. The number of para-hydroxylation sites is 2. The number of nitrogens with one attached hydrogen (secondary N) is 2. The van der Waals surface area contributed by atoms with Gasteiger partial charge in [-0.3, -0.25) is 9.88 Å². The molecule has 1 unspecified atom stereocenters. The number of aromatic nitrogens is 3. The molecule has 1 aliphatic carbocycles. The summed E-state index contributed by atoms with van der Waals surface area (Å²) in [5, 5.41) is 7.27. The van der Waals surface area contributed by atoms with Crippen LogP contribution in [0.2, 0.25) is 0 Å². The highest BCUT2D eigenvalue weighted by molar-refractivity contribution is 7.17. The van der Waals surface area contributed by atoms with Crippen molar-refractivity contribution in [1.29, 1.82) is 0 Å². The van der Waals surface area contributed by atoms with Gasteiger partial charge in [0.1, 0.15) is 5.82 Å². The van der Waals surface area contributed by atoms with E-state index >= 15 is 0 Å². The van der Waals surface area contributed by atoms with Crippen LogP contribution in [0.15, 0.2) is 96.5 Å². The lowest BCUT2D eigenvalue weighted by atomic mass is 9.90. The van der Waals surface area contributed by atoms with E-state index in [2.05, 4.69) is 99.4 Å². The zero-order valence-electron chi connectivity index (χ0n) is 22.5. The van der Waals surface area contributed by atoms with E-state index in [-0.39, 0.29) is 13.5 Å². The Morgan fingerprint density at radius 1 is 0.878 bits per heavy atom. The van der Waals surface area contributed by atoms with Crippen molar-refractivity contribution in [2.24, 2.45) is 0 Å². The van der Waals surface area contributed by atoms with Crippen molar-refractivity contribution < 1.29 is 0 Å². The third kappa shape index (κ3) is 5.96. The van der Waals surface area contributed by atoms with Crippen LogP contribution < -0.4 is 5.32 Å². The zero-order chi connectivity index (χ0) is 26.7. The second-order valence-electron chi connectivity index (χ2n) is 10.7. The van der Waals surface area contributed by atoms with Crippen molar-refractivity contribution in [3.8, 4) is 0 Å². The Hall–Kier alpha value is -3.84. The van der Waals surface area contributed by atoms with Gasteiger partial charge in [-0.1, -0.05) is 68.1 Å². The number of aromatic amines is 1. The van der Waals surface area contributed by atoms with Crippen molar-refractivity contribution in [3.63, 3.8) is 0 Å². The Labute approximate surface area is 246 Å². The highest BCUT2D eigenvalue weighted by atomic mass is 32.1. The summed E-state index contributed by atoms with van der Waals surface area (Å²) < 4.78 is 1.35. The Bertz CT molecular complexity index is 1700. The maximum Gasteiger partial charge on any atom is 0.121 e. The van der Waals surface area contributed by atoms with Gasteiger partial charge in [-0.15, -0.1) is 11.3 Å². The monoisotopic (exact) mass is 559 g/mol. The summed E-state index contributed by atoms with van der Waals surface area (Å²) in [5.41, 5.74) is 8.71. The minimum absolute atomic E-state index is 0. The van der Waals surface area contributed by atoms with Crippen LogP contribution >= 0.6 is 11.3 Å². The molecular formula is C35H37N5S. The molecule has 0 bridgehead atoms. The first-order chi connectivity index (χ1) is 19.8. The average Bonchev–Trinajstić information content (AvgIpc) is 3.61. The molecule has 3 heterocycles. The number of fused-ring (bicyclic) bond motifs is 3. The number of pyridine rings is 1. The number of hydrogen-bond acceptors (Lipinski definition) is 5. The molecular weight excluding hydrogens is 522 g/mol. The van der Waals surface area contributed by atoms with Crippen LogP contribution in [0.5, 0.6) is 0 Å². The lowest BCUT2D eigenvalue weighted by Crippen LogP contribution is -2.31. The molecule has 1 atom stereocenters. The quantitative estimate of drug-likeness (QED) is 0.188. The highest BCUT2D eigenvalue weighted by Crippen LogP contribution is 2.35. The normalized spacial score (nSPS) is 14.8. The Kier molecular flexibility index (Phi) is 8.23. The van der Waals surface area contributed by atoms with Gasteiger partial charge in [0.25, 0.3) is 0 Å². The molecule has 0 spiro atoms. The fourth-order valence-corrected chi connectivity index (χ4v) is 6.96. The number of rotatable bonds is 9. The molecule has 3 aromatic carbocycles. The van der Waals surface area contributed by atoms with E-state index in [1.54, 1.807) is 0 Å². The largest absolute Gasteiger partial charge is 0.341 e. The molecule has 208 valence electrons. The van der Waals surface area contributed by atoms with Crippen LogP contribution in [0, 0.1) is 0 Å². The number of H-pyrrole nitrogens is 1. The summed E-state index contributed by atoms with van der Waals surface area (Å²) in [5.74, 6) is 1.01. The Morgan fingerprint density at radius 2 is 1.71 bits per heavy atom. The summed E-state index contributed by atoms with van der Waals surface area (Å²) in [4.78, 5) is 15.9. The van der Waals surface area contributed by atoms with Crippen LogP contribution in [-0.2, 0) is 32.6 Å². The van der Waals surface area contributed by atoms with Crippen molar-refractivity contribution in [2.75, 3.05) is 0 Å². The maximum absolute atomic E-state index is 4.91. The minimum atomic E-state index is 0. The molecule has 1 aliphatic rings. The van der Waals surface area contributed by atoms with E-state index in [1.165, 1.54) is 44.5 Å². The Balaban J connectivity index is 0.00000302. The highest BCUT2D eigenvalue weighted by Gasteiger charge is 2.28. The number of aryl methyl sites for hydroxylation is 1. The Morgan fingerprint density at radius 3 is 2.61 bits per heavy atom. The van der Waals surface area contributed by atoms with Crippen molar-refractivity contribution in [2.45, 2.75) is 58.9 Å². The van der Waals surface area contributed by atoms with E-state index in [1.807, 2.05) is 23.6 Å². The van der Waals surface area contributed by atoms with E-state index in [0.29, 0.717) is 0 Å². The number of thiophene rings is 1. The third-order valence-corrected chi connectivity index (χ3v) is 9.02. The summed E-state index contributed by atoms with van der Waals surface area (Å²) >= 11 is 1.82. The molecule has 0 fully saturated rings. The molecule has 2 N–H and O–H groups in total. The van der Waals surface area contributed by atoms with Crippen molar-refractivity contribution in [1.82, 2.24) is 25.2 Å². The van der Waals surface area contributed by atoms with Gasteiger partial charge in [0.05, 0.1) is 29.3 Å². The van der Waals surface area contributed by atoms with E-state index in [0.717, 1.165) is 55.9 Å². The first-order valence-electron chi connectivity index (χ1n) is 14.2. The molecule has 0 aliphatic heterocycles. The maximum atomic E-state index is 4.91. The van der Waals surface area contributed by atoms with Gasteiger partial charge < -0.3 is 10.3 Å². The molecule has 0 saturated carbocycles. The molecule has 3 aromatic heterocycles. The number of nitrogens with zero attached hydrogens (tertiary/aromatic N) is 3. The first-order valence-corrected chi connectivity index (χ1v) is 15.0. The van der Waals surface area contributed by atoms with Crippen molar-refractivity contribution >= 4 is 32.5 Å². The standard InChI is InChI=1S/C34H33N5S.CH4/c1-4-13-32-28(9-1)27(23-40-32)20-35-19-24-14-16-25(17-15-24)21-39(22-33-37-29-10-2-3-11-30(29)38-33)31-12-5-7-26-8-6-18-36-34(26)31;/h1-4,6,8-11,13-18,23,31,35H,5,7,12,19-22H2,(H,37,38);1H4. The fourth-order valence-electron chi connectivity index (χ4n) is 6.00. The number of imidazole rings is 1. The van der Waals surface area contributed by atoms with Crippen LogP contribution in [0.4, 0.5) is 0 Å². The second kappa shape index (κ2) is 12.4.